The monoisotopic (exact) mass is 264 g/mol. The molecule has 1 aromatic carbocycles. The molecule has 0 spiro atoms. The van der Waals surface area contributed by atoms with E-state index < -0.39 is 0 Å². The molecule has 0 saturated carbocycles. The van der Waals surface area contributed by atoms with Gasteiger partial charge in [0, 0.05) is 24.7 Å². The van der Waals surface area contributed by atoms with Crippen molar-refractivity contribution in [1.29, 1.82) is 0 Å². The van der Waals surface area contributed by atoms with Gasteiger partial charge in [0.2, 0.25) is 0 Å². The van der Waals surface area contributed by atoms with Crippen molar-refractivity contribution in [2.75, 3.05) is 19.6 Å². The average Bonchev–Trinajstić information content (AvgIpc) is 2.91. The molecule has 1 heterocycles. The molecular formula is C15H21FN2O. The standard InChI is InChI=1S/C15H21FN2O/c1-3-18(10-13-5-4-8-17-13)15(19)14-9-12(16)7-6-11(14)2/h6-7,9,13,17H,3-5,8,10H2,1-2H3. The van der Waals surface area contributed by atoms with Crippen LogP contribution in [0.5, 0.6) is 0 Å². The van der Waals surface area contributed by atoms with Gasteiger partial charge < -0.3 is 10.2 Å². The van der Waals surface area contributed by atoms with Crippen molar-refractivity contribution in [3.8, 4) is 0 Å². The molecule has 1 atom stereocenters. The molecule has 1 unspecified atom stereocenters. The quantitative estimate of drug-likeness (QED) is 0.905. The van der Waals surface area contributed by atoms with Crippen LogP contribution in [-0.4, -0.2) is 36.5 Å². The van der Waals surface area contributed by atoms with Gasteiger partial charge in [-0.25, -0.2) is 4.39 Å². The zero-order valence-electron chi connectivity index (χ0n) is 11.6. The molecule has 1 fully saturated rings. The highest BCUT2D eigenvalue weighted by molar-refractivity contribution is 5.95. The van der Waals surface area contributed by atoms with Crippen LogP contribution < -0.4 is 5.32 Å². The molecule has 3 nitrogen and oxygen atoms in total. The van der Waals surface area contributed by atoms with Crippen LogP contribution in [0, 0.1) is 12.7 Å². The summed E-state index contributed by atoms with van der Waals surface area (Å²) in [7, 11) is 0. The number of amides is 1. The van der Waals surface area contributed by atoms with Crippen LogP contribution in [0.15, 0.2) is 18.2 Å². The van der Waals surface area contributed by atoms with E-state index in [0.717, 1.165) is 24.9 Å². The predicted octanol–water partition coefficient (Wildman–Crippen LogP) is 2.35. The molecule has 1 aromatic rings. The Morgan fingerprint density at radius 2 is 2.32 bits per heavy atom. The normalized spacial score (nSPS) is 18.6. The van der Waals surface area contributed by atoms with Gasteiger partial charge >= 0.3 is 0 Å². The number of benzene rings is 1. The minimum Gasteiger partial charge on any atom is -0.337 e. The first-order valence-corrected chi connectivity index (χ1v) is 6.90. The van der Waals surface area contributed by atoms with E-state index in [1.54, 1.807) is 11.0 Å². The van der Waals surface area contributed by atoms with Gasteiger partial charge in [0.05, 0.1) is 0 Å². The summed E-state index contributed by atoms with van der Waals surface area (Å²) in [6.45, 7) is 6.17. The molecule has 2 rings (SSSR count). The fraction of sp³-hybridized carbons (Fsp3) is 0.533. The molecule has 19 heavy (non-hydrogen) atoms. The highest BCUT2D eigenvalue weighted by atomic mass is 19.1. The van der Waals surface area contributed by atoms with E-state index in [4.69, 9.17) is 0 Å². The van der Waals surface area contributed by atoms with Crippen molar-refractivity contribution in [2.24, 2.45) is 0 Å². The van der Waals surface area contributed by atoms with Gasteiger partial charge in [-0.05, 0) is 50.9 Å². The van der Waals surface area contributed by atoms with Crippen molar-refractivity contribution in [1.82, 2.24) is 10.2 Å². The molecule has 0 radical (unpaired) electrons. The molecule has 104 valence electrons. The minimum absolute atomic E-state index is 0.0757. The van der Waals surface area contributed by atoms with Crippen molar-refractivity contribution in [2.45, 2.75) is 32.7 Å². The smallest absolute Gasteiger partial charge is 0.254 e. The van der Waals surface area contributed by atoms with E-state index in [-0.39, 0.29) is 11.7 Å². The lowest BCUT2D eigenvalue weighted by molar-refractivity contribution is 0.0750. The minimum atomic E-state index is -0.357. The molecule has 4 heteroatoms. The first-order valence-electron chi connectivity index (χ1n) is 6.90. The number of rotatable bonds is 4. The molecule has 1 saturated heterocycles. The number of aryl methyl sites for hydroxylation is 1. The second-order valence-corrected chi connectivity index (χ2v) is 5.10. The number of hydrogen-bond donors (Lipinski definition) is 1. The zero-order chi connectivity index (χ0) is 13.8. The number of likely N-dealkylation sites (N-methyl/N-ethyl adjacent to an activating group) is 1. The van der Waals surface area contributed by atoms with Crippen molar-refractivity contribution in [3.63, 3.8) is 0 Å². The summed E-state index contributed by atoms with van der Waals surface area (Å²) in [5, 5.41) is 3.39. The highest BCUT2D eigenvalue weighted by Gasteiger charge is 2.22. The van der Waals surface area contributed by atoms with Crippen molar-refractivity contribution < 1.29 is 9.18 Å². The van der Waals surface area contributed by atoms with E-state index in [1.807, 2.05) is 13.8 Å². The summed E-state index contributed by atoms with van der Waals surface area (Å²) in [5.41, 5.74) is 1.30. The lowest BCUT2D eigenvalue weighted by atomic mass is 10.1. The van der Waals surface area contributed by atoms with Crippen LogP contribution in [0.4, 0.5) is 4.39 Å². The Morgan fingerprint density at radius 3 is 2.95 bits per heavy atom. The summed E-state index contributed by atoms with van der Waals surface area (Å²) in [6.07, 6.45) is 2.27. The number of nitrogens with zero attached hydrogens (tertiary/aromatic N) is 1. The Morgan fingerprint density at radius 1 is 1.53 bits per heavy atom. The van der Waals surface area contributed by atoms with Gasteiger partial charge in [0.25, 0.3) is 5.91 Å². The van der Waals surface area contributed by atoms with Crippen LogP contribution >= 0.6 is 0 Å². The van der Waals surface area contributed by atoms with Gasteiger partial charge in [-0.15, -0.1) is 0 Å². The Hall–Kier alpha value is -1.42. The summed E-state index contributed by atoms with van der Waals surface area (Å²) < 4.78 is 13.3. The van der Waals surface area contributed by atoms with Crippen LogP contribution in [0.25, 0.3) is 0 Å². The first kappa shape index (κ1) is 14.0. The van der Waals surface area contributed by atoms with Crippen LogP contribution in [0.3, 0.4) is 0 Å². The number of hydrogen-bond acceptors (Lipinski definition) is 2. The number of carbonyl (C=O) groups excluding carboxylic acids is 1. The lowest BCUT2D eigenvalue weighted by Crippen LogP contribution is -2.41. The summed E-state index contributed by atoms with van der Waals surface area (Å²) in [5.74, 6) is -0.433. The van der Waals surface area contributed by atoms with Gasteiger partial charge in [0.1, 0.15) is 5.82 Å². The largest absolute Gasteiger partial charge is 0.337 e. The third-order valence-electron chi connectivity index (χ3n) is 3.70. The maximum atomic E-state index is 13.3. The summed E-state index contributed by atoms with van der Waals surface area (Å²) in [4.78, 5) is 14.3. The lowest BCUT2D eigenvalue weighted by Gasteiger charge is -2.25. The molecule has 1 amide bonds. The molecular weight excluding hydrogens is 243 g/mol. The van der Waals surface area contributed by atoms with E-state index >= 15 is 0 Å². The Balaban J connectivity index is 2.12. The molecule has 1 N–H and O–H groups in total. The van der Waals surface area contributed by atoms with Gasteiger partial charge in [-0.1, -0.05) is 6.07 Å². The summed E-state index contributed by atoms with van der Waals surface area (Å²) >= 11 is 0. The Kier molecular flexibility index (Phi) is 4.53. The van der Waals surface area contributed by atoms with Crippen molar-refractivity contribution >= 4 is 5.91 Å². The van der Waals surface area contributed by atoms with E-state index in [0.29, 0.717) is 24.7 Å². The van der Waals surface area contributed by atoms with Gasteiger partial charge in [-0.3, -0.25) is 4.79 Å². The molecule has 1 aliphatic heterocycles. The van der Waals surface area contributed by atoms with Crippen molar-refractivity contribution in [3.05, 3.63) is 35.1 Å². The Labute approximate surface area is 113 Å². The number of carbonyl (C=O) groups is 1. The van der Waals surface area contributed by atoms with Crippen LogP contribution in [-0.2, 0) is 0 Å². The number of nitrogens with one attached hydrogen (secondary N) is 1. The predicted molar refractivity (Wildman–Crippen MR) is 73.7 cm³/mol. The fourth-order valence-electron chi connectivity index (χ4n) is 2.53. The third kappa shape index (κ3) is 3.32. The molecule has 0 bridgehead atoms. The average molecular weight is 264 g/mol. The second kappa shape index (κ2) is 6.15. The van der Waals surface area contributed by atoms with Crippen LogP contribution in [0.1, 0.15) is 35.7 Å². The van der Waals surface area contributed by atoms with E-state index in [1.165, 1.54) is 12.1 Å². The topological polar surface area (TPSA) is 32.3 Å². The first-order chi connectivity index (χ1) is 9.11. The highest BCUT2D eigenvalue weighted by Crippen LogP contribution is 2.15. The van der Waals surface area contributed by atoms with Gasteiger partial charge in [-0.2, -0.15) is 0 Å². The Bertz CT molecular complexity index is 455. The van der Waals surface area contributed by atoms with E-state index in [9.17, 15) is 9.18 Å². The van der Waals surface area contributed by atoms with E-state index in [2.05, 4.69) is 5.32 Å². The van der Waals surface area contributed by atoms with Gasteiger partial charge in [0.15, 0.2) is 0 Å². The third-order valence-corrected chi connectivity index (χ3v) is 3.70. The maximum Gasteiger partial charge on any atom is 0.254 e. The maximum absolute atomic E-state index is 13.3. The molecule has 0 aromatic heterocycles. The zero-order valence-corrected chi connectivity index (χ0v) is 11.6. The second-order valence-electron chi connectivity index (χ2n) is 5.10. The summed E-state index contributed by atoms with van der Waals surface area (Å²) in [6, 6.07) is 4.76. The van der Waals surface area contributed by atoms with Crippen LogP contribution in [0.2, 0.25) is 0 Å². The SMILES string of the molecule is CCN(CC1CCCN1)C(=O)c1cc(F)ccc1C. The molecule has 1 aliphatic rings. The fourth-order valence-corrected chi connectivity index (χ4v) is 2.53. The number of halogens is 1. The molecule has 0 aliphatic carbocycles.